The number of hydrogen-bond acceptors (Lipinski definition) is 2. The molecule has 2 aromatic carbocycles. The summed E-state index contributed by atoms with van der Waals surface area (Å²) in [5.41, 5.74) is 2.90. The Balaban J connectivity index is 1.87. The highest BCUT2D eigenvalue weighted by Gasteiger charge is 2.23. The van der Waals surface area contributed by atoms with E-state index in [1.54, 1.807) is 4.90 Å². The number of aliphatic imine (C=N–C) groups is 1. The number of amidine groups is 1. The first-order chi connectivity index (χ1) is 11.3. The lowest BCUT2D eigenvalue weighted by Crippen LogP contribution is -2.39. The first kappa shape index (κ1) is 15.3. The van der Waals surface area contributed by atoms with Crippen LogP contribution in [0.3, 0.4) is 0 Å². The molecular formula is C19H21N3O. The minimum absolute atomic E-state index is 0.166. The average Bonchev–Trinajstić information content (AvgIpc) is 3.11. The third kappa shape index (κ3) is 3.59. The van der Waals surface area contributed by atoms with Gasteiger partial charge in [-0.25, -0.2) is 4.79 Å². The lowest BCUT2D eigenvalue weighted by atomic mass is 10.1. The highest BCUT2D eigenvalue weighted by molar-refractivity contribution is 6.20. The highest BCUT2D eigenvalue weighted by Crippen LogP contribution is 2.22. The smallest absolute Gasteiger partial charge is 0.307 e. The fourth-order valence-corrected chi connectivity index (χ4v) is 2.67. The number of para-hydroxylation sites is 1. The second kappa shape index (κ2) is 7.09. The number of nitrogens with one attached hydrogen (secondary N) is 1. The van der Waals surface area contributed by atoms with E-state index in [0.29, 0.717) is 0 Å². The van der Waals surface area contributed by atoms with Crippen LogP contribution in [0, 0.1) is 0 Å². The summed E-state index contributed by atoms with van der Waals surface area (Å²) >= 11 is 0. The maximum atomic E-state index is 12.8. The molecule has 0 radical (unpaired) electrons. The van der Waals surface area contributed by atoms with Gasteiger partial charge in [0.1, 0.15) is 5.84 Å². The Morgan fingerprint density at radius 3 is 2.48 bits per heavy atom. The van der Waals surface area contributed by atoms with Gasteiger partial charge in [-0.2, -0.15) is 0 Å². The molecule has 4 nitrogen and oxygen atoms in total. The van der Waals surface area contributed by atoms with Crippen LogP contribution < -0.4 is 10.2 Å². The Bertz CT molecular complexity index is 692. The molecule has 0 aliphatic carbocycles. The Morgan fingerprint density at radius 2 is 1.87 bits per heavy atom. The molecule has 0 aromatic heterocycles. The van der Waals surface area contributed by atoms with Gasteiger partial charge in [0.25, 0.3) is 0 Å². The van der Waals surface area contributed by atoms with Crippen LogP contribution in [-0.4, -0.2) is 18.4 Å². The van der Waals surface area contributed by atoms with Gasteiger partial charge in [-0.3, -0.25) is 9.89 Å². The summed E-state index contributed by atoms with van der Waals surface area (Å²) < 4.78 is 0. The van der Waals surface area contributed by atoms with E-state index in [0.717, 1.165) is 43.0 Å². The van der Waals surface area contributed by atoms with Crippen molar-refractivity contribution in [1.82, 2.24) is 0 Å². The number of urea groups is 1. The van der Waals surface area contributed by atoms with Crippen LogP contribution in [0.5, 0.6) is 0 Å². The van der Waals surface area contributed by atoms with E-state index in [1.807, 2.05) is 42.5 Å². The van der Waals surface area contributed by atoms with E-state index >= 15 is 0 Å². The first-order valence-electron chi connectivity index (χ1n) is 8.06. The number of hydrogen-bond donors (Lipinski definition) is 1. The van der Waals surface area contributed by atoms with E-state index < -0.39 is 0 Å². The Morgan fingerprint density at radius 1 is 1.13 bits per heavy atom. The summed E-state index contributed by atoms with van der Waals surface area (Å²) in [7, 11) is 0. The van der Waals surface area contributed by atoms with E-state index in [2.05, 4.69) is 29.4 Å². The van der Waals surface area contributed by atoms with E-state index in [9.17, 15) is 4.79 Å². The van der Waals surface area contributed by atoms with Crippen LogP contribution in [-0.2, 0) is 6.42 Å². The van der Waals surface area contributed by atoms with Gasteiger partial charge in [0.05, 0.1) is 5.69 Å². The van der Waals surface area contributed by atoms with Gasteiger partial charge in [0, 0.05) is 18.7 Å². The second-order valence-corrected chi connectivity index (χ2v) is 5.55. The summed E-state index contributed by atoms with van der Waals surface area (Å²) in [5, 5.41) is 2.95. The van der Waals surface area contributed by atoms with Crippen molar-refractivity contribution >= 4 is 23.2 Å². The van der Waals surface area contributed by atoms with E-state index in [4.69, 9.17) is 0 Å². The number of anilines is 2. The molecule has 1 heterocycles. The predicted octanol–water partition coefficient (Wildman–Crippen LogP) is 4.48. The summed E-state index contributed by atoms with van der Waals surface area (Å²) in [5.74, 6) is 0.836. The minimum atomic E-state index is -0.166. The molecule has 2 amide bonds. The van der Waals surface area contributed by atoms with Crippen LogP contribution in [0.25, 0.3) is 0 Å². The van der Waals surface area contributed by atoms with Crippen molar-refractivity contribution in [3.05, 3.63) is 60.2 Å². The summed E-state index contributed by atoms with van der Waals surface area (Å²) in [6, 6.07) is 17.4. The standard InChI is InChI=1S/C19H21N3O/c1-2-15-10-12-17(13-11-15)22(18-9-6-14-20-18)19(23)21-16-7-4-3-5-8-16/h3-5,7-8,10-13H,2,6,9,14H2,1H3,(H,21,23). The quantitative estimate of drug-likeness (QED) is 0.892. The number of benzene rings is 2. The van der Waals surface area contributed by atoms with Gasteiger partial charge in [-0.1, -0.05) is 37.3 Å². The SMILES string of the molecule is CCc1ccc(N(C(=O)Nc2ccccc2)C2=NCCC2)cc1. The fraction of sp³-hybridized carbons (Fsp3) is 0.263. The van der Waals surface area contributed by atoms with Crippen LogP contribution in [0.15, 0.2) is 59.6 Å². The molecule has 0 saturated carbocycles. The van der Waals surface area contributed by atoms with Crippen LogP contribution >= 0.6 is 0 Å². The molecule has 1 N–H and O–H groups in total. The fourth-order valence-electron chi connectivity index (χ4n) is 2.67. The van der Waals surface area contributed by atoms with Gasteiger partial charge in [0.15, 0.2) is 0 Å². The van der Waals surface area contributed by atoms with Gasteiger partial charge in [-0.05, 0) is 42.7 Å². The molecule has 0 spiro atoms. The number of carbonyl (C=O) groups is 1. The van der Waals surface area contributed by atoms with Crippen molar-refractivity contribution in [2.75, 3.05) is 16.8 Å². The van der Waals surface area contributed by atoms with Crippen molar-refractivity contribution in [2.24, 2.45) is 4.99 Å². The van der Waals surface area contributed by atoms with Gasteiger partial charge >= 0.3 is 6.03 Å². The van der Waals surface area contributed by atoms with Crippen LogP contribution in [0.4, 0.5) is 16.2 Å². The molecule has 1 aliphatic rings. The van der Waals surface area contributed by atoms with Crippen molar-refractivity contribution in [1.29, 1.82) is 0 Å². The van der Waals surface area contributed by atoms with E-state index in [1.165, 1.54) is 5.56 Å². The normalized spacial score (nSPS) is 13.5. The van der Waals surface area contributed by atoms with Crippen molar-refractivity contribution in [3.8, 4) is 0 Å². The van der Waals surface area contributed by atoms with E-state index in [-0.39, 0.29) is 6.03 Å². The number of nitrogens with zero attached hydrogens (tertiary/aromatic N) is 2. The van der Waals surface area contributed by atoms with Gasteiger partial charge < -0.3 is 5.32 Å². The van der Waals surface area contributed by atoms with Gasteiger partial charge in [0.2, 0.25) is 0 Å². The predicted molar refractivity (Wildman–Crippen MR) is 95.3 cm³/mol. The minimum Gasteiger partial charge on any atom is -0.307 e. The molecule has 0 unspecified atom stereocenters. The molecule has 0 bridgehead atoms. The molecule has 0 saturated heterocycles. The lowest BCUT2D eigenvalue weighted by molar-refractivity contribution is 0.259. The number of carbonyl (C=O) groups excluding carboxylic acids is 1. The zero-order valence-corrected chi connectivity index (χ0v) is 13.3. The Kier molecular flexibility index (Phi) is 4.71. The zero-order chi connectivity index (χ0) is 16.1. The van der Waals surface area contributed by atoms with Crippen molar-refractivity contribution < 1.29 is 4.79 Å². The maximum absolute atomic E-state index is 12.8. The molecule has 0 atom stereocenters. The summed E-state index contributed by atoms with van der Waals surface area (Å²) in [4.78, 5) is 19.0. The molecule has 23 heavy (non-hydrogen) atoms. The molecule has 0 fully saturated rings. The molecule has 3 rings (SSSR count). The highest BCUT2D eigenvalue weighted by atomic mass is 16.2. The molecule has 118 valence electrons. The number of amides is 2. The van der Waals surface area contributed by atoms with Crippen LogP contribution in [0.1, 0.15) is 25.3 Å². The lowest BCUT2D eigenvalue weighted by Gasteiger charge is -2.23. The maximum Gasteiger partial charge on any atom is 0.331 e. The third-order valence-corrected chi connectivity index (χ3v) is 3.94. The van der Waals surface area contributed by atoms with Crippen molar-refractivity contribution in [2.45, 2.75) is 26.2 Å². The zero-order valence-electron chi connectivity index (χ0n) is 13.3. The summed E-state index contributed by atoms with van der Waals surface area (Å²) in [6.07, 6.45) is 2.81. The molecular weight excluding hydrogens is 286 g/mol. The van der Waals surface area contributed by atoms with Crippen LogP contribution in [0.2, 0.25) is 0 Å². The summed E-state index contributed by atoms with van der Waals surface area (Å²) in [6.45, 7) is 2.91. The monoisotopic (exact) mass is 307 g/mol. The molecule has 1 aliphatic heterocycles. The van der Waals surface area contributed by atoms with Crippen molar-refractivity contribution in [3.63, 3.8) is 0 Å². The Hall–Kier alpha value is -2.62. The topological polar surface area (TPSA) is 44.7 Å². The largest absolute Gasteiger partial charge is 0.331 e. The Labute approximate surface area is 136 Å². The molecule has 2 aromatic rings. The molecule has 4 heteroatoms. The first-order valence-corrected chi connectivity index (χ1v) is 8.06. The average molecular weight is 307 g/mol. The van der Waals surface area contributed by atoms with Gasteiger partial charge in [-0.15, -0.1) is 0 Å². The third-order valence-electron chi connectivity index (χ3n) is 3.94. The second-order valence-electron chi connectivity index (χ2n) is 5.55. The number of rotatable bonds is 3. The number of aryl methyl sites for hydroxylation is 1.